The zero-order valence-corrected chi connectivity index (χ0v) is 9.87. The molecule has 1 aliphatic rings. The maximum atomic E-state index is 11.6. The van der Waals surface area contributed by atoms with Gasteiger partial charge in [-0.25, -0.2) is 4.68 Å². The molecule has 1 aliphatic carbocycles. The molecule has 0 unspecified atom stereocenters. The molecule has 0 bridgehead atoms. The Morgan fingerprint density at radius 2 is 2.11 bits per heavy atom. The van der Waals surface area contributed by atoms with E-state index in [1.54, 1.807) is 0 Å². The van der Waals surface area contributed by atoms with E-state index in [-0.39, 0.29) is 19.0 Å². The second kappa shape index (κ2) is 5.11. The van der Waals surface area contributed by atoms with Gasteiger partial charge in [0.25, 0.3) is 0 Å². The third-order valence-corrected chi connectivity index (χ3v) is 3.34. The smallest absolute Gasteiger partial charge is 0.311 e. The van der Waals surface area contributed by atoms with Crippen molar-refractivity contribution in [2.45, 2.75) is 32.2 Å². The highest BCUT2D eigenvalue weighted by Gasteiger charge is 2.41. The molecule has 1 fully saturated rings. The number of nitrogens with zero attached hydrogens (tertiary/aromatic N) is 4. The van der Waals surface area contributed by atoms with Crippen LogP contribution in [0.3, 0.4) is 0 Å². The van der Waals surface area contributed by atoms with Crippen molar-refractivity contribution in [1.82, 2.24) is 25.5 Å². The van der Waals surface area contributed by atoms with Gasteiger partial charge in [0, 0.05) is 6.54 Å². The van der Waals surface area contributed by atoms with Crippen LogP contribution >= 0.6 is 0 Å². The Kier molecular flexibility index (Phi) is 3.54. The summed E-state index contributed by atoms with van der Waals surface area (Å²) in [6.07, 6.45) is 4.37. The van der Waals surface area contributed by atoms with Gasteiger partial charge in [0.2, 0.25) is 5.91 Å². The number of carbonyl (C=O) groups is 2. The minimum atomic E-state index is -0.831. The molecule has 18 heavy (non-hydrogen) atoms. The summed E-state index contributed by atoms with van der Waals surface area (Å²) in [5.41, 5.74) is -0.795. The van der Waals surface area contributed by atoms with E-state index in [4.69, 9.17) is 0 Å². The van der Waals surface area contributed by atoms with Gasteiger partial charge in [-0.1, -0.05) is 12.8 Å². The SMILES string of the molecule is O=C(Cn1cnnn1)NCC1(C(=O)O)CCCC1. The Morgan fingerprint density at radius 3 is 2.67 bits per heavy atom. The molecule has 98 valence electrons. The molecule has 8 heteroatoms. The monoisotopic (exact) mass is 253 g/mol. The zero-order chi connectivity index (χ0) is 13.0. The predicted molar refractivity (Wildman–Crippen MR) is 59.4 cm³/mol. The van der Waals surface area contributed by atoms with Crippen LogP contribution in [-0.4, -0.2) is 43.7 Å². The van der Waals surface area contributed by atoms with Crippen LogP contribution in [0.5, 0.6) is 0 Å². The van der Waals surface area contributed by atoms with Crippen LogP contribution in [0.1, 0.15) is 25.7 Å². The third kappa shape index (κ3) is 2.63. The molecule has 0 aliphatic heterocycles. The number of carboxylic acids is 1. The summed E-state index contributed by atoms with van der Waals surface area (Å²) < 4.78 is 1.29. The number of rotatable bonds is 5. The molecule has 1 heterocycles. The fourth-order valence-corrected chi connectivity index (χ4v) is 2.24. The number of hydrogen-bond donors (Lipinski definition) is 2. The number of carboxylic acid groups (broad SMARTS) is 1. The van der Waals surface area contributed by atoms with Gasteiger partial charge in [-0.2, -0.15) is 0 Å². The number of amides is 1. The first-order valence-corrected chi connectivity index (χ1v) is 5.83. The molecule has 1 saturated carbocycles. The Balaban J connectivity index is 1.86. The second-order valence-corrected chi connectivity index (χ2v) is 4.58. The van der Waals surface area contributed by atoms with Crippen molar-refractivity contribution >= 4 is 11.9 Å². The first-order valence-electron chi connectivity index (χ1n) is 5.83. The molecule has 0 atom stereocenters. The quantitative estimate of drug-likeness (QED) is 0.727. The predicted octanol–water partition coefficient (Wildman–Crippen LogP) is -0.566. The fourth-order valence-electron chi connectivity index (χ4n) is 2.24. The molecule has 0 saturated heterocycles. The standard InChI is InChI=1S/C10H15N5O3/c16-8(5-15-7-12-13-14-15)11-6-10(9(17)18)3-1-2-4-10/h7H,1-6H2,(H,11,16)(H,17,18). The van der Waals surface area contributed by atoms with Crippen LogP contribution in [-0.2, 0) is 16.1 Å². The summed E-state index contributed by atoms with van der Waals surface area (Å²) in [6.45, 7) is 0.173. The van der Waals surface area contributed by atoms with E-state index in [1.807, 2.05) is 0 Å². The first kappa shape index (κ1) is 12.5. The largest absolute Gasteiger partial charge is 0.481 e. The van der Waals surface area contributed by atoms with Gasteiger partial charge >= 0.3 is 5.97 Å². The van der Waals surface area contributed by atoms with Crippen molar-refractivity contribution in [1.29, 1.82) is 0 Å². The lowest BCUT2D eigenvalue weighted by Gasteiger charge is -2.23. The van der Waals surface area contributed by atoms with Gasteiger partial charge in [0.15, 0.2) is 0 Å². The van der Waals surface area contributed by atoms with Crippen molar-refractivity contribution in [3.8, 4) is 0 Å². The molecule has 0 spiro atoms. The highest BCUT2D eigenvalue weighted by molar-refractivity contribution is 5.79. The van der Waals surface area contributed by atoms with E-state index in [9.17, 15) is 14.7 Å². The molecule has 8 nitrogen and oxygen atoms in total. The minimum Gasteiger partial charge on any atom is -0.481 e. The fraction of sp³-hybridized carbons (Fsp3) is 0.700. The molecule has 2 rings (SSSR count). The number of tetrazole rings is 1. The molecule has 1 amide bonds. The van der Waals surface area contributed by atoms with E-state index in [2.05, 4.69) is 20.8 Å². The molecule has 0 aromatic carbocycles. The summed E-state index contributed by atoms with van der Waals surface area (Å²) in [7, 11) is 0. The molecule has 0 radical (unpaired) electrons. The Labute approximate surface area is 103 Å². The van der Waals surface area contributed by atoms with Crippen LogP contribution in [0.4, 0.5) is 0 Å². The summed E-state index contributed by atoms with van der Waals surface area (Å²) in [4.78, 5) is 22.9. The van der Waals surface area contributed by atoms with Crippen molar-refractivity contribution in [3.05, 3.63) is 6.33 Å². The number of carbonyl (C=O) groups excluding carboxylic acids is 1. The maximum Gasteiger partial charge on any atom is 0.311 e. The first-order chi connectivity index (χ1) is 8.62. The van der Waals surface area contributed by atoms with Crippen LogP contribution in [0, 0.1) is 5.41 Å². The van der Waals surface area contributed by atoms with Gasteiger partial charge < -0.3 is 10.4 Å². The number of hydrogen-bond acceptors (Lipinski definition) is 5. The lowest BCUT2D eigenvalue weighted by Crippen LogP contribution is -2.42. The lowest BCUT2D eigenvalue weighted by atomic mass is 9.86. The van der Waals surface area contributed by atoms with Crippen LogP contribution in [0.15, 0.2) is 6.33 Å². The molecular formula is C10H15N5O3. The van der Waals surface area contributed by atoms with Crippen molar-refractivity contribution in [2.24, 2.45) is 5.41 Å². The summed E-state index contributed by atoms with van der Waals surface area (Å²) in [6, 6.07) is 0. The van der Waals surface area contributed by atoms with E-state index >= 15 is 0 Å². The Morgan fingerprint density at radius 1 is 1.39 bits per heavy atom. The van der Waals surface area contributed by atoms with Gasteiger partial charge in [0.05, 0.1) is 5.41 Å². The minimum absolute atomic E-state index is 0.00268. The molecule has 2 N–H and O–H groups in total. The molecule has 1 aromatic heterocycles. The summed E-state index contributed by atoms with van der Waals surface area (Å²) in [5.74, 6) is -1.11. The van der Waals surface area contributed by atoms with Gasteiger partial charge in [0.1, 0.15) is 12.9 Å². The average molecular weight is 253 g/mol. The van der Waals surface area contributed by atoms with E-state index < -0.39 is 11.4 Å². The van der Waals surface area contributed by atoms with Gasteiger partial charge in [-0.15, -0.1) is 5.10 Å². The summed E-state index contributed by atoms with van der Waals surface area (Å²) in [5, 5.41) is 22.3. The number of aromatic nitrogens is 4. The Bertz CT molecular complexity index is 425. The van der Waals surface area contributed by atoms with Crippen LogP contribution in [0.2, 0.25) is 0 Å². The Hall–Kier alpha value is -1.99. The number of nitrogens with one attached hydrogen (secondary N) is 1. The van der Waals surface area contributed by atoms with E-state index in [0.29, 0.717) is 12.8 Å². The van der Waals surface area contributed by atoms with Crippen molar-refractivity contribution < 1.29 is 14.7 Å². The third-order valence-electron chi connectivity index (χ3n) is 3.34. The van der Waals surface area contributed by atoms with E-state index in [1.165, 1.54) is 11.0 Å². The van der Waals surface area contributed by atoms with Crippen molar-refractivity contribution in [3.63, 3.8) is 0 Å². The number of aliphatic carboxylic acids is 1. The normalized spacial score (nSPS) is 17.6. The van der Waals surface area contributed by atoms with Gasteiger partial charge in [-0.3, -0.25) is 9.59 Å². The summed E-state index contributed by atoms with van der Waals surface area (Å²) >= 11 is 0. The van der Waals surface area contributed by atoms with Crippen LogP contribution < -0.4 is 5.32 Å². The van der Waals surface area contributed by atoms with Gasteiger partial charge in [-0.05, 0) is 23.3 Å². The van der Waals surface area contributed by atoms with Crippen molar-refractivity contribution in [2.75, 3.05) is 6.54 Å². The maximum absolute atomic E-state index is 11.6. The average Bonchev–Trinajstić information content (AvgIpc) is 2.97. The second-order valence-electron chi connectivity index (χ2n) is 4.58. The molecular weight excluding hydrogens is 238 g/mol. The highest BCUT2D eigenvalue weighted by Crippen LogP contribution is 2.37. The van der Waals surface area contributed by atoms with Crippen LogP contribution in [0.25, 0.3) is 0 Å². The topological polar surface area (TPSA) is 110 Å². The lowest BCUT2D eigenvalue weighted by molar-refractivity contribution is -0.148. The zero-order valence-electron chi connectivity index (χ0n) is 9.87. The van der Waals surface area contributed by atoms with E-state index in [0.717, 1.165) is 12.8 Å². The molecule has 1 aromatic rings. The highest BCUT2D eigenvalue weighted by atomic mass is 16.4.